The molecule has 2 aromatic carbocycles. The Morgan fingerprint density at radius 1 is 0.867 bits per heavy atom. The van der Waals surface area contributed by atoms with Gasteiger partial charge in [-0.2, -0.15) is 0 Å². The van der Waals surface area contributed by atoms with E-state index in [0.717, 1.165) is 66.0 Å². The van der Waals surface area contributed by atoms with Crippen molar-refractivity contribution >= 4 is 11.5 Å². The maximum absolute atomic E-state index is 5.69. The maximum Gasteiger partial charge on any atom is 0.162 e. The van der Waals surface area contributed by atoms with E-state index in [1.54, 1.807) is 20.4 Å². The third kappa shape index (κ3) is 4.16. The molecule has 1 aromatic heterocycles. The smallest absolute Gasteiger partial charge is 0.162 e. The molecule has 1 fully saturated rings. The van der Waals surface area contributed by atoms with Crippen LogP contribution in [0.15, 0.2) is 54.9 Å². The highest BCUT2D eigenvalue weighted by atomic mass is 16.5. The predicted molar refractivity (Wildman–Crippen MR) is 119 cm³/mol. The number of piperazine rings is 1. The van der Waals surface area contributed by atoms with Gasteiger partial charge < -0.3 is 25.0 Å². The van der Waals surface area contributed by atoms with Gasteiger partial charge in [0.2, 0.25) is 0 Å². The van der Waals surface area contributed by atoms with Crippen molar-refractivity contribution in [1.29, 1.82) is 0 Å². The Balaban J connectivity index is 1.45. The van der Waals surface area contributed by atoms with Gasteiger partial charge in [-0.25, -0.2) is 4.98 Å². The zero-order chi connectivity index (χ0) is 20.9. The van der Waals surface area contributed by atoms with E-state index in [4.69, 9.17) is 20.2 Å². The van der Waals surface area contributed by atoms with Crippen molar-refractivity contribution < 1.29 is 9.47 Å². The highest BCUT2D eigenvalue weighted by molar-refractivity contribution is 5.61. The Hall–Kier alpha value is -3.32. The average molecular weight is 406 g/mol. The molecule has 7 nitrogen and oxygen atoms in total. The van der Waals surface area contributed by atoms with Crippen molar-refractivity contribution in [1.82, 2.24) is 9.97 Å². The largest absolute Gasteiger partial charge is 0.493 e. The van der Waals surface area contributed by atoms with E-state index in [2.05, 4.69) is 20.9 Å². The monoisotopic (exact) mass is 405 g/mol. The van der Waals surface area contributed by atoms with Gasteiger partial charge in [-0.05, 0) is 17.7 Å². The number of nitrogens with two attached hydrogens (primary N) is 1. The summed E-state index contributed by atoms with van der Waals surface area (Å²) >= 11 is 0. The number of nitrogens with zero attached hydrogens (tertiary/aromatic N) is 4. The first-order valence-corrected chi connectivity index (χ1v) is 10.0. The van der Waals surface area contributed by atoms with E-state index < -0.39 is 0 Å². The maximum atomic E-state index is 5.69. The molecule has 1 saturated heterocycles. The Kier molecular flexibility index (Phi) is 5.99. The summed E-state index contributed by atoms with van der Waals surface area (Å²) in [5.74, 6) is 2.39. The molecule has 2 N–H and O–H groups in total. The molecule has 0 unspecified atom stereocenters. The number of ether oxygens (including phenoxy) is 2. The van der Waals surface area contributed by atoms with Gasteiger partial charge >= 0.3 is 0 Å². The number of anilines is 2. The molecule has 1 aliphatic heterocycles. The van der Waals surface area contributed by atoms with Crippen LogP contribution in [0, 0.1) is 0 Å². The van der Waals surface area contributed by atoms with Crippen LogP contribution in [0.1, 0.15) is 5.56 Å². The minimum atomic E-state index is 0.538. The fraction of sp³-hybridized carbons (Fsp3) is 0.304. The molecule has 0 atom stereocenters. The lowest BCUT2D eigenvalue weighted by atomic mass is 10.1. The van der Waals surface area contributed by atoms with Gasteiger partial charge in [0, 0.05) is 50.0 Å². The molecule has 2 heterocycles. The summed E-state index contributed by atoms with van der Waals surface area (Å²) in [5, 5.41) is 0. The number of hydrogen-bond donors (Lipinski definition) is 1. The van der Waals surface area contributed by atoms with Crippen molar-refractivity contribution in [2.75, 3.05) is 50.2 Å². The molecule has 156 valence electrons. The van der Waals surface area contributed by atoms with E-state index in [0.29, 0.717) is 6.54 Å². The van der Waals surface area contributed by atoms with E-state index in [1.807, 2.05) is 42.6 Å². The first-order chi connectivity index (χ1) is 14.7. The molecule has 0 amide bonds. The van der Waals surface area contributed by atoms with Gasteiger partial charge in [-0.15, -0.1) is 0 Å². The van der Waals surface area contributed by atoms with Gasteiger partial charge in [0.15, 0.2) is 11.5 Å². The molecule has 0 radical (unpaired) electrons. The van der Waals surface area contributed by atoms with Crippen LogP contribution < -0.4 is 25.0 Å². The Bertz CT molecular complexity index is 985. The first-order valence-electron chi connectivity index (χ1n) is 10.0. The summed E-state index contributed by atoms with van der Waals surface area (Å²) in [5.41, 5.74) is 9.85. The highest BCUT2D eigenvalue weighted by Crippen LogP contribution is 2.32. The Labute approximate surface area is 177 Å². The minimum Gasteiger partial charge on any atom is -0.493 e. The van der Waals surface area contributed by atoms with Gasteiger partial charge in [0.1, 0.15) is 5.82 Å². The predicted octanol–water partition coefficient (Wildman–Crippen LogP) is 2.95. The number of aromatic nitrogens is 2. The molecule has 3 aromatic rings. The van der Waals surface area contributed by atoms with Crippen LogP contribution in [0.3, 0.4) is 0 Å². The normalized spacial score (nSPS) is 14.0. The quantitative estimate of drug-likeness (QED) is 0.676. The molecule has 4 rings (SSSR count). The second-order valence-electron chi connectivity index (χ2n) is 7.18. The molecule has 1 aliphatic rings. The van der Waals surface area contributed by atoms with Crippen LogP contribution >= 0.6 is 0 Å². The van der Waals surface area contributed by atoms with Crippen molar-refractivity contribution in [2.24, 2.45) is 5.73 Å². The molecule has 0 aliphatic carbocycles. The standard InChI is InChI=1S/C23H27N5O2/c1-29-21-8-7-19(13-22(21)30-2)27-9-11-28(12-10-27)23-16-25-15-20(26-23)18-5-3-17(14-24)4-6-18/h3-8,13,15-16H,9-12,14,24H2,1-2H3. The topological polar surface area (TPSA) is 76.7 Å². The summed E-state index contributed by atoms with van der Waals surface area (Å²) in [6.07, 6.45) is 3.64. The van der Waals surface area contributed by atoms with Crippen LogP contribution in [0.25, 0.3) is 11.3 Å². The minimum absolute atomic E-state index is 0.538. The zero-order valence-corrected chi connectivity index (χ0v) is 17.4. The van der Waals surface area contributed by atoms with Crippen LogP contribution in [-0.4, -0.2) is 50.4 Å². The summed E-state index contributed by atoms with van der Waals surface area (Å²) in [7, 11) is 3.31. The lowest BCUT2D eigenvalue weighted by molar-refractivity contribution is 0.355. The number of rotatable bonds is 6. The lowest BCUT2D eigenvalue weighted by Gasteiger charge is -2.36. The Morgan fingerprint density at radius 3 is 2.23 bits per heavy atom. The summed E-state index contributed by atoms with van der Waals surface area (Å²) in [6.45, 7) is 4.08. The zero-order valence-electron chi connectivity index (χ0n) is 17.4. The van der Waals surface area contributed by atoms with E-state index in [9.17, 15) is 0 Å². The van der Waals surface area contributed by atoms with Crippen molar-refractivity contribution in [2.45, 2.75) is 6.54 Å². The fourth-order valence-corrected chi connectivity index (χ4v) is 3.67. The molecule has 0 bridgehead atoms. The van der Waals surface area contributed by atoms with Crippen LogP contribution in [0.5, 0.6) is 11.5 Å². The van der Waals surface area contributed by atoms with Crippen LogP contribution in [-0.2, 0) is 6.54 Å². The summed E-state index contributed by atoms with van der Waals surface area (Å²) in [4.78, 5) is 13.9. The average Bonchev–Trinajstić information content (AvgIpc) is 2.84. The molecular weight excluding hydrogens is 378 g/mol. The summed E-state index contributed by atoms with van der Waals surface area (Å²) in [6, 6.07) is 14.2. The van der Waals surface area contributed by atoms with Crippen molar-refractivity contribution in [3.8, 4) is 22.8 Å². The molecular formula is C23H27N5O2. The van der Waals surface area contributed by atoms with Crippen molar-refractivity contribution in [3.05, 3.63) is 60.4 Å². The van der Waals surface area contributed by atoms with Gasteiger partial charge in [0.05, 0.1) is 32.3 Å². The molecule has 0 saturated carbocycles. The number of methoxy groups -OCH3 is 2. The second kappa shape index (κ2) is 9.00. The third-order valence-corrected chi connectivity index (χ3v) is 5.44. The second-order valence-corrected chi connectivity index (χ2v) is 7.18. The number of hydrogen-bond acceptors (Lipinski definition) is 7. The first kappa shape index (κ1) is 20.0. The fourth-order valence-electron chi connectivity index (χ4n) is 3.67. The molecule has 0 spiro atoms. The van der Waals surface area contributed by atoms with E-state index in [-0.39, 0.29) is 0 Å². The van der Waals surface area contributed by atoms with Gasteiger partial charge in [-0.3, -0.25) is 4.98 Å². The lowest BCUT2D eigenvalue weighted by Crippen LogP contribution is -2.46. The Morgan fingerprint density at radius 2 is 1.57 bits per heavy atom. The highest BCUT2D eigenvalue weighted by Gasteiger charge is 2.20. The van der Waals surface area contributed by atoms with Gasteiger partial charge in [0.25, 0.3) is 0 Å². The molecule has 7 heteroatoms. The van der Waals surface area contributed by atoms with Crippen LogP contribution in [0.2, 0.25) is 0 Å². The molecule has 30 heavy (non-hydrogen) atoms. The van der Waals surface area contributed by atoms with Crippen LogP contribution in [0.4, 0.5) is 11.5 Å². The van der Waals surface area contributed by atoms with E-state index >= 15 is 0 Å². The summed E-state index contributed by atoms with van der Waals surface area (Å²) < 4.78 is 10.8. The van der Waals surface area contributed by atoms with Crippen molar-refractivity contribution in [3.63, 3.8) is 0 Å². The third-order valence-electron chi connectivity index (χ3n) is 5.44. The SMILES string of the molecule is COc1ccc(N2CCN(c3cncc(-c4ccc(CN)cc4)n3)CC2)cc1OC. The number of benzene rings is 2. The van der Waals surface area contributed by atoms with Gasteiger partial charge in [-0.1, -0.05) is 24.3 Å². The van der Waals surface area contributed by atoms with E-state index in [1.165, 1.54) is 0 Å².